The molecule has 5 fully saturated rings. The van der Waals surface area contributed by atoms with E-state index in [0.29, 0.717) is 29.2 Å². The van der Waals surface area contributed by atoms with E-state index in [9.17, 15) is 9.90 Å². The van der Waals surface area contributed by atoms with Crippen molar-refractivity contribution in [1.82, 2.24) is 10.3 Å². The summed E-state index contributed by atoms with van der Waals surface area (Å²) >= 11 is 1.49. The van der Waals surface area contributed by atoms with Crippen LogP contribution >= 0.6 is 11.3 Å². The van der Waals surface area contributed by atoms with Gasteiger partial charge >= 0.3 is 0 Å². The van der Waals surface area contributed by atoms with Crippen molar-refractivity contribution in [2.75, 3.05) is 20.3 Å². The van der Waals surface area contributed by atoms with Crippen LogP contribution in [0.25, 0.3) is 0 Å². The molecule has 1 amide bonds. The molecule has 4 aliphatic carbocycles. The topological polar surface area (TPSA) is 80.7 Å². The van der Waals surface area contributed by atoms with Crippen molar-refractivity contribution in [1.29, 1.82) is 0 Å². The highest BCUT2D eigenvalue weighted by Gasteiger charge is 2.55. The number of methoxy groups -OCH3 is 1. The lowest BCUT2D eigenvalue weighted by Crippen LogP contribution is -2.61. The summed E-state index contributed by atoms with van der Waals surface area (Å²) in [7, 11) is 1.68. The number of nitrogens with zero attached hydrogens (tertiary/aromatic N) is 1. The molecular weight excluding hydrogens is 376 g/mol. The highest BCUT2D eigenvalue weighted by molar-refractivity contribution is 7.13. The summed E-state index contributed by atoms with van der Waals surface area (Å²) in [5.74, 6) is 1.46. The number of hydrogen-bond donors (Lipinski definition) is 2. The van der Waals surface area contributed by atoms with Gasteiger partial charge < -0.3 is 19.9 Å². The van der Waals surface area contributed by atoms with Crippen LogP contribution in [0.2, 0.25) is 0 Å². The van der Waals surface area contributed by atoms with Gasteiger partial charge in [-0.15, -0.1) is 11.3 Å². The molecule has 2 N–H and O–H groups in total. The maximum atomic E-state index is 13.3. The number of hydrogen-bond acceptors (Lipinski definition) is 6. The van der Waals surface area contributed by atoms with Gasteiger partial charge in [-0.05, 0) is 62.7 Å². The van der Waals surface area contributed by atoms with Crippen molar-refractivity contribution < 1.29 is 19.4 Å². The molecule has 154 valence electrons. The molecule has 4 saturated carbocycles. The van der Waals surface area contributed by atoms with Gasteiger partial charge in [0.2, 0.25) is 0 Å². The summed E-state index contributed by atoms with van der Waals surface area (Å²) in [5, 5.41) is 15.1. The molecular formula is C21H30N2O4S. The van der Waals surface area contributed by atoms with Gasteiger partial charge in [-0.25, -0.2) is 4.98 Å². The van der Waals surface area contributed by atoms with Crippen molar-refractivity contribution in [3.63, 3.8) is 0 Å². The molecule has 5 aliphatic rings. The molecule has 0 aromatic carbocycles. The van der Waals surface area contributed by atoms with Crippen molar-refractivity contribution in [2.24, 2.45) is 17.8 Å². The van der Waals surface area contributed by atoms with Crippen LogP contribution in [0.5, 0.6) is 0 Å². The van der Waals surface area contributed by atoms with E-state index < -0.39 is 5.60 Å². The fraction of sp³-hybridized carbons (Fsp3) is 0.810. The molecule has 1 aromatic heterocycles. The molecule has 7 heteroatoms. The summed E-state index contributed by atoms with van der Waals surface area (Å²) in [6, 6.07) is 0.186. The van der Waals surface area contributed by atoms with Crippen molar-refractivity contribution in [3.05, 3.63) is 15.6 Å². The minimum absolute atomic E-state index is 0.00358. The van der Waals surface area contributed by atoms with Crippen LogP contribution in [0, 0.1) is 17.8 Å². The van der Waals surface area contributed by atoms with Gasteiger partial charge in [-0.1, -0.05) is 0 Å². The number of rotatable bonds is 6. The van der Waals surface area contributed by atoms with E-state index in [1.165, 1.54) is 11.3 Å². The van der Waals surface area contributed by atoms with E-state index >= 15 is 0 Å². The van der Waals surface area contributed by atoms with Gasteiger partial charge in [0.15, 0.2) is 0 Å². The monoisotopic (exact) mass is 406 g/mol. The van der Waals surface area contributed by atoms with Crippen LogP contribution in [0.1, 0.15) is 71.4 Å². The molecule has 6 rings (SSSR count). The Bertz CT molecular complexity index is 729. The summed E-state index contributed by atoms with van der Waals surface area (Å²) in [6.07, 6.45) is 7.53. The van der Waals surface area contributed by atoms with E-state index in [2.05, 4.69) is 5.32 Å². The Morgan fingerprint density at radius 1 is 1.36 bits per heavy atom. The molecule has 0 radical (unpaired) electrons. The second-order valence-electron chi connectivity index (χ2n) is 9.26. The number of nitrogens with one attached hydrogen (secondary N) is 1. The molecule has 4 bridgehead atoms. The van der Waals surface area contributed by atoms with E-state index in [4.69, 9.17) is 14.5 Å². The van der Waals surface area contributed by atoms with E-state index in [-0.39, 0.29) is 18.1 Å². The predicted octanol–water partition coefficient (Wildman–Crippen LogP) is 2.85. The Kier molecular flexibility index (Phi) is 4.98. The van der Waals surface area contributed by atoms with Gasteiger partial charge in [0, 0.05) is 26.2 Å². The lowest BCUT2D eigenvalue weighted by Gasteiger charge is -2.58. The second-order valence-corrected chi connectivity index (χ2v) is 10.3. The number of thiazole rings is 1. The minimum atomic E-state index is -0.474. The van der Waals surface area contributed by atoms with Gasteiger partial charge in [0.25, 0.3) is 5.91 Å². The second kappa shape index (κ2) is 7.35. The highest BCUT2D eigenvalue weighted by Crippen LogP contribution is 2.55. The highest BCUT2D eigenvalue weighted by atomic mass is 32.1. The molecule has 1 aliphatic heterocycles. The van der Waals surface area contributed by atoms with Gasteiger partial charge in [0.05, 0.1) is 22.9 Å². The average Bonchev–Trinajstić information content (AvgIpc) is 3.30. The predicted molar refractivity (Wildman–Crippen MR) is 105 cm³/mol. The smallest absolute Gasteiger partial charge is 0.263 e. The molecule has 3 atom stereocenters. The first-order chi connectivity index (χ1) is 13.5. The van der Waals surface area contributed by atoms with Crippen LogP contribution in [-0.2, 0) is 15.9 Å². The first kappa shape index (κ1) is 19.0. The standard InChI is InChI=1S/C21H30N2O4S/c1-26-6-4-16-22-18(15-3-2-5-27-15)19(28-16)20(24)23-17-13-7-12-8-14(17)11-21(25,9-12)10-13/h12-15,17,25H,2-11H2,1H3,(H,23,24)/t12?,13?,14?,15-,17?,21?/m1/s1. The molecule has 2 unspecified atom stereocenters. The Morgan fingerprint density at radius 2 is 2.14 bits per heavy atom. The maximum Gasteiger partial charge on any atom is 0.263 e. The summed E-state index contributed by atoms with van der Waals surface area (Å²) < 4.78 is 11.0. The van der Waals surface area contributed by atoms with E-state index in [0.717, 1.165) is 68.7 Å². The Balaban J connectivity index is 1.35. The van der Waals surface area contributed by atoms with Crippen molar-refractivity contribution in [2.45, 2.75) is 69.1 Å². The van der Waals surface area contributed by atoms with E-state index in [1.807, 2.05) is 0 Å². The Morgan fingerprint density at radius 3 is 2.79 bits per heavy atom. The normalized spacial score (nSPS) is 38.9. The number of aliphatic hydroxyl groups is 1. The van der Waals surface area contributed by atoms with Crippen molar-refractivity contribution in [3.8, 4) is 0 Å². The van der Waals surface area contributed by atoms with Gasteiger partial charge in [-0.2, -0.15) is 0 Å². The lowest BCUT2D eigenvalue weighted by molar-refractivity contribution is -0.136. The molecule has 1 saturated heterocycles. The van der Waals surface area contributed by atoms with Crippen LogP contribution in [0.3, 0.4) is 0 Å². The fourth-order valence-electron chi connectivity index (χ4n) is 6.28. The number of amides is 1. The molecule has 1 aromatic rings. The number of aromatic nitrogens is 1. The largest absolute Gasteiger partial charge is 0.390 e. The minimum Gasteiger partial charge on any atom is -0.390 e. The van der Waals surface area contributed by atoms with Crippen LogP contribution in [0.15, 0.2) is 0 Å². The zero-order valence-electron chi connectivity index (χ0n) is 16.5. The number of carbonyl (C=O) groups excluding carboxylic acids is 1. The molecule has 28 heavy (non-hydrogen) atoms. The maximum absolute atomic E-state index is 13.3. The Hall–Kier alpha value is -1.02. The van der Waals surface area contributed by atoms with Crippen LogP contribution in [-0.4, -0.2) is 48.0 Å². The molecule has 6 nitrogen and oxygen atoms in total. The quantitative estimate of drug-likeness (QED) is 0.759. The lowest BCUT2D eigenvalue weighted by atomic mass is 9.52. The van der Waals surface area contributed by atoms with Gasteiger partial charge in [0.1, 0.15) is 11.0 Å². The van der Waals surface area contributed by atoms with Gasteiger partial charge in [-0.3, -0.25) is 4.79 Å². The zero-order chi connectivity index (χ0) is 19.3. The fourth-order valence-corrected chi connectivity index (χ4v) is 7.28. The van der Waals surface area contributed by atoms with Crippen LogP contribution < -0.4 is 5.32 Å². The number of carbonyl (C=O) groups is 1. The summed E-state index contributed by atoms with van der Waals surface area (Å²) in [6.45, 7) is 1.34. The van der Waals surface area contributed by atoms with Crippen LogP contribution in [0.4, 0.5) is 0 Å². The zero-order valence-corrected chi connectivity index (χ0v) is 17.3. The summed E-state index contributed by atoms with van der Waals surface area (Å²) in [4.78, 5) is 18.8. The molecule has 0 spiro atoms. The first-order valence-electron chi connectivity index (χ1n) is 10.7. The molecule has 2 heterocycles. The third-order valence-corrected chi connectivity index (χ3v) is 8.33. The first-order valence-corrected chi connectivity index (χ1v) is 11.5. The van der Waals surface area contributed by atoms with E-state index in [1.54, 1.807) is 7.11 Å². The average molecular weight is 407 g/mol. The van der Waals surface area contributed by atoms with Crippen molar-refractivity contribution >= 4 is 17.2 Å². The third-order valence-electron chi connectivity index (χ3n) is 7.20. The number of ether oxygens (including phenoxy) is 2. The third kappa shape index (κ3) is 3.40. The summed E-state index contributed by atoms with van der Waals surface area (Å²) in [5.41, 5.74) is 0.340. The SMILES string of the molecule is COCCc1nc([C@H]2CCCO2)c(C(=O)NC2C3CC4CC2CC(O)(C4)C3)s1. The Labute approximate surface area is 170 Å².